The molecule has 2 aromatic carbocycles. The van der Waals surface area contributed by atoms with E-state index in [-0.39, 0.29) is 0 Å². The number of hydrogen-bond donors (Lipinski definition) is 0. The maximum atomic E-state index is 4.49. The molecular weight excluding hydrogens is 322 g/mol. The predicted octanol–water partition coefficient (Wildman–Crippen LogP) is 4.38. The Hall–Kier alpha value is -0.608. The summed E-state index contributed by atoms with van der Waals surface area (Å²) in [6, 6.07) is 20.6. The average Bonchev–Trinajstić information content (AvgIpc) is 2.43. The van der Waals surface area contributed by atoms with Gasteiger partial charge in [-0.2, -0.15) is 0 Å². The summed E-state index contributed by atoms with van der Waals surface area (Å²) < 4.78 is 0. The van der Waals surface area contributed by atoms with E-state index >= 15 is 0 Å². The van der Waals surface area contributed by atoms with E-state index in [0.717, 1.165) is 0 Å². The molecule has 0 spiro atoms. The summed E-state index contributed by atoms with van der Waals surface area (Å²) in [5, 5.41) is 0. The van der Waals surface area contributed by atoms with E-state index in [1.165, 1.54) is 11.1 Å². The van der Waals surface area contributed by atoms with Crippen LogP contribution in [0.2, 0.25) is 0 Å². The molecule has 0 aliphatic heterocycles. The molecule has 3 radical (unpaired) electrons. The summed E-state index contributed by atoms with van der Waals surface area (Å²) in [4.78, 5) is 0. The van der Waals surface area contributed by atoms with Crippen LogP contribution in [0.3, 0.4) is 0 Å². The van der Waals surface area contributed by atoms with Crippen molar-refractivity contribution in [3.05, 3.63) is 91.1 Å². The molecule has 0 aromatic heterocycles. The Balaban J connectivity index is 0.000000686. The SMILES string of the molecule is [CH]([CH]c1ccccc1)[CH]c1ccccc1.[Cl][Pd+]. The summed E-state index contributed by atoms with van der Waals surface area (Å²) in [7, 11) is 4.49. The molecule has 0 saturated carbocycles. The third-order valence-electron chi connectivity index (χ3n) is 2.18. The van der Waals surface area contributed by atoms with E-state index in [9.17, 15) is 0 Å². The van der Waals surface area contributed by atoms with Crippen molar-refractivity contribution in [1.29, 1.82) is 0 Å². The summed E-state index contributed by atoms with van der Waals surface area (Å²) in [5.41, 5.74) is 2.45. The molecule has 0 atom stereocenters. The minimum atomic E-state index is 1.23. The van der Waals surface area contributed by atoms with E-state index in [1.807, 2.05) is 36.4 Å². The topological polar surface area (TPSA) is 0 Å². The number of hydrogen-bond acceptors (Lipinski definition) is 0. The molecule has 0 heterocycles. The second kappa shape index (κ2) is 9.43. The Bertz CT molecular complexity index is 347. The van der Waals surface area contributed by atoms with Crippen molar-refractivity contribution in [1.82, 2.24) is 0 Å². The molecule has 0 aliphatic rings. The van der Waals surface area contributed by atoms with Crippen molar-refractivity contribution in [2.45, 2.75) is 0 Å². The van der Waals surface area contributed by atoms with Gasteiger partial charge in [-0.15, -0.1) is 0 Å². The number of rotatable bonds is 4. The minimum absolute atomic E-state index is 1.23. The van der Waals surface area contributed by atoms with Crippen LogP contribution in [0, 0.1) is 19.3 Å². The summed E-state index contributed by atoms with van der Waals surface area (Å²) in [6.07, 6.45) is 6.28. The average molecular weight is 335 g/mol. The van der Waals surface area contributed by atoms with Crippen molar-refractivity contribution < 1.29 is 18.2 Å². The Labute approximate surface area is 118 Å². The Morgan fingerprint density at radius 1 is 0.647 bits per heavy atom. The molecule has 2 aromatic rings. The summed E-state index contributed by atoms with van der Waals surface area (Å²) in [6.45, 7) is 0. The zero-order valence-corrected chi connectivity index (χ0v) is 11.5. The van der Waals surface area contributed by atoms with Crippen LogP contribution in [-0.4, -0.2) is 0 Å². The fraction of sp³-hybridized carbons (Fsp3) is 0. The molecule has 17 heavy (non-hydrogen) atoms. The van der Waals surface area contributed by atoms with Gasteiger partial charge in [0.05, 0.1) is 0 Å². The normalized spacial score (nSPS) is 9.35. The zero-order chi connectivity index (χ0) is 12.3. The van der Waals surface area contributed by atoms with Gasteiger partial charge in [0.15, 0.2) is 0 Å². The molecule has 0 saturated heterocycles. The van der Waals surface area contributed by atoms with Gasteiger partial charge >= 0.3 is 27.7 Å². The van der Waals surface area contributed by atoms with Crippen LogP contribution in [0.15, 0.2) is 60.7 Å². The van der Waals surface area contributed by atoms with Crippen molar-refractivity contribution in [2.24, 2.45) is 0 Å². The third-order valence-corrected chi connectivity index (χ3v) is 2.18. The van der Waals surface area contributed by atoms with Crippen LogP contribution in [0.5, 0.6) is 0 Å². The molecular formula is C15H13ClPd+. The molecule has 0 nitrogen and oxygen atoms in total. The van der Waals surface area contributed by atoms with Crippen molar-refractivity contribution >= 4 is 9.53 Å². The fourth-order valence-electron chi connectivity index (χ4n) is 1.40. The van der Waals surface area contributed by atoms with Gasteiger partial charge in [-0.25, -0.2) is 0 Å². The van der Waals surface area contributed by atoms with E-state index in [0.29, 0.717) is 0 Å². The Morgan fingerprint density at radius 2 is 1.00 bits per heavy atom. The quantitative estimate of drug-likeness (QED) is 0.728. The molecule has 0 aliphatic carbocycles. The second-order valence-electron chi connectivity index (χ2n) is 3.35. The van der Waals surface area contributed by atoms with Crippen LogP contribution in [0.1, 0.15) is 11.1 Å². The van der Waals surface area contributed by atoms with E-state index in [4.69, 9.17) is 0 Å². The van der Waals surface area contributed by atoms with E-state index in [2.05, 4.69) is 71.2 Å². The molecule has 0 unspecified atom stereocenters. The van der Waals surface area contributed by atoms with Gasteiger partial charge in [-0.1, -0.05) is 60.7 Å². The van der Waals surface area contributed by atoms with Gasteiger partial charge in [-0.3, -0.25) is 0 Å². The van der Waals surface area contributed by atoms with Crippen molar-refractivity contribution in [2.75, 3.05) is 0 Å². The van der Waals surface area contributed by atoms with Gasteiger partial charge in [-0.05, 0) is 30.4 Å². The van der Waals surface area contributed by atoms with Gasteiger partial charge in [0, 0.05) is 0 Å². The Kier molecular flexibility index (Phi) is 8.01. The number of halogens is 1. The Morgan fingerprint density at radius 3 is 1.35 bits per heavy atom. The van der Waals surface area contributed by atoms with E-state index in [1.54, 1.807) is 0 Å². The molecule has 0 bridgehead atoms. The summed E-state index contributed by atoms with van der Waals surface area (Å²) in [5.74, 6) is 0. The van der Waals surface area contributed by atoms with E-state index < -0.39 is 0 Å². The van der Waals surface area contributed by atoms with Gasteiger partial charge in [0.1, 0.15) is 0 Å². The number of benzene rings is 2. The first kappa shape index (κ1) is 14.5. The van der Waals surface area contributed by atoms with Gasteiger partial charge in [0.25, 0.3) is 0 Å². The molecule has 2 heteroatoms. The first-order valence-electron chi connectivity index (χ1n) is 5.18. The molecule has 2 rings (SSSR count). The molecule has 0 N–H and O–H groups in total. The van der Waals surface area contributed by atoms with Crippen LogP contribution in [-0.2, 0) is 18.2 Å². The molecule has 89 valence electrons. The first-order chi connectivity index (χ1) is 8.45. The maximum absolute atomic E-state index is 4.49. The predicted molar refractivity (Wildman–Crippen MR) is 69.8 cm³/mol. The fourth-order valence-corrected chi connectivity index (χ4v) is 1.40. The van der Waals surface area contributed by atoms with Crippen LogP contribution in [0.4, 0.5) is 0 Å². The van der Waals surface area contributed by atoms with Crippen molar-refractivity contribution in [3.63, 3.8) is 0 Å². The van der Waals surface area contributed by atoms with Crippen LogP contribution >= 0.6 is 9.53 Å². The van der Waals surface area contributed by atoms with Gasteiger partial charge in [0.2, 0.25) is 0 Å². The second-order valence-corrected chi connectivity index (χ2v) is 3.35. The van der Waals surface area contributed by atoms with Crippen LogP contribution in [0.25, 0.3) is 0 Å². The van der Waals surface area contributed by atoms with Crippen LogP contribution < -0.4 is 0 Å². The molecule has 0 fully saturated rings. The zero-order valence-electron chi connectivity index (χ0n) is 9.20. The first-order valence-corrected chi connectivity index (χ1v) is 7.19. The monoisotopic (exact) mass is 334 g/mol. The third kappa shape index (κ3) is 6.03. The van der Waals surface area contributed by atoms with Crippen molar-refractivity contribution in [3.8, 4) is 0 Å². The van der Waals surface area contributed by atoms with Gasteiger partial charge < -0.3 is 0 Å². The standard InChI is InChI=1S/C15H13.ClH.Pd/c1-3-8-14(9-4-1)12-7-13-15-10-5-2-6-11-15;;/h1-13H;1H;/q;;+2/p-1. The molecule has 0 amide bonds. The summed E-state index contributed by atoms with van der Waals surface area (Å²) >= 11 is 2.22.